The third kappa shape index (κ3) is 4.59. The summed E-state index contributed by atoms with van der Waals surface area (Å²) in [6.45, 7) is 5.95. The predicted molar refractivity (Wildman–Crippen MR) is 126 cm³/mol. The number of aromatic nitrogens is 4. The van der Waals surface area contributed by atoms with E-state index in [9.17, 15) is 10.1 Å². The van der Waals surface area contributed by atoms with Gasteiger partial charge in [-0.15, -0.1) is 16.8 Å². The maximum absolute atomic E-state index is 13.0. The number of allylic oxidation sites excluding steroid dienone is 1. The molecule has 0 spiro atoms. The number of ether oxygens (including phenoxy) is 1. The number of hydrogen-bond acceptors (Lipinski definition) is 6. The van der Waals surface area contributed by atoms with Crippen molar-refractivity contribution in [2.75, 3.05) is 17.7 Å². The zero-order valence-corrected chi connectivity index (χ0v) is 19.7. The molecule has 0 aromatic carbocycles. The van der Waals surface area contributed by atoms with Crippen molar-refractivity contribution in [1.29, 1.82) is 5.26 Å². The molecule has 1 unspecified atom stereocenters. The minimum absolute atomic E-state index is 0.137. The molecule has 5 rings (SSSR count). The topological polar surface area (TPSA) is 97.8 Å². The van der Waals surface area contributed by atoms with Crippen molar-refractivity contribution in [2.45, 2.75) is 81.6 Å². The van der Waals surface area contributed by atoms with E-state index in [1.807, 2.05) is 6.08 Å². The largest absolute Gasteiger partial charge is 0.376 e. The number of thioether (sulfide) groups is 1. The number of hydrogen-bond donors (Lipinski definition) is 1. The van der Waals surface area contributed by atoms with Crippen molar-refractivity contribution in [2.24, 2.45) is 0 Å². The van der Waals surface area contributed by atoms with Gasteiger partial charge < -0.3 is 19.2 Å². The Balaban J connectivity index is 1.34. The Morgan fingerprint density at radius 2 is 2.09 bits per heavy atom. The first-order valence-corrected chi connectivity index (χ1v) is 12.9. The molecule has 1 atom stereocenters. The summed E-state index contributed by atoms with van der Waals surface area (Å²) in [4.78, 5) is 13.0. The molecule has 33 heavy (non-hydrogen) atoms. The van der Waals surface area contributed by atoms with Gasteiger partial charge in [-0.05, 0) is 56.9 Å². The van der Waals surface area contributed by atoms with Gasteiger partial charge in [-0.3, -0.25) is 4.79 Å². The van der Waals surface area contributed by atoms with Crippen molar-refractivity contribution in [3.05, 3.63) is 35.3 Å². The first kappa shape index (κ1) is 22.2. The second kappa shape index (κ2) is 9.74. The van der Waals surface area contributed by atoms with Crippen LogP contribution in [0, 0.1) is 11.3 Å². The molecule has 1 aliphatic heterocycles. The monoisotopic (exact) mass is 466 g/mol. The Hall–Kier alpha value is -2.57. The lowest BCUT2D eigenvalue weighted by Gasteiger charge is -2.19. The van der Waals surface area contributed by atoms with E-state index in [-0.39, 0.29) is 17.8 Å². The molecule has 3 heterocycles. The Morgan fingerprint density at radius 3 is 2.82 bits per heavy atom. The van der Waals surface area contributed by atoms with Crippen LogP contribution in [-0.2, 0) is 35.5 Å². The number of rotatable bonds is 9. The lowest BCUT2D eigenvalue weighted by Crippen LogP contribution is -2.23. The molecule has 1 saturated carbocycles. The number of nitriles is 1. The summed E-state index contributed by atoms with van der Waals surface area (Å²) in [5.41, 5.74) is 2.91. The summed E-state index contributed by atoms with van der Waals surface area (Å²) in [6, 6.07) is 2.38. The van der Waals surface area contributed by atoms with Gasteiger partial charge in [0.05, 0.1) is 24.0 Å². The molecule has 2 aromatic rings. The number of amides is 1. The summed E-state index contributed by atoms with van der Waals surface area (Å²) in [7, 11) is 0. The van der Waals surface area contributed by atoms with Gasteiger partial charge in [0.25, 0.3) is 0 Å². The average Bonchev–Trinajstić information content (AvgIpc) is 3.26. The van der Waals surface area contributed by atoms with E-state index < -0.39 is 0 Å². The summed E-state index contributed by atoms with van der Waals surface area (Å²) in [5.74, 6) is 2.17. The maximum atomic E-state index is 13.0. The standard InChI is InChI=1S/C24H30N6O2S/c1-2-11-29-22(16-9-10-16)27-28-24(29)33-15-21(31)26-23-19(13-25)18-7-3-4-8-20(18)30(23)14-17-6-5-12-32-17/h2,16-17H,1,3-12,14-15H2,(H,26,31). The molecule has 1 amide bonds. The van der Waals surface area contributed by atoms with E-state index >= 15 is 0 Å². The van der Waals surface area contributed by atoms with Crippen LogP contribution in [0.4, 0.5) is 5.82 Å². The van der Waals surface area contributed by atoms with E-state index in [1.54, 1.807) is 0 Å². The van der Waals surface area contributed by atoms with Crippen LogP contribution in [0.5, 0.6) is 0 Å². The van der Waals surface area contributed by atoms with Gasteiger partial charge in [0.15, 0.2) is 5.16 Å². The lowest BCUT2D eigenvalue weighted by atomic mass is 9.95. The molecule has 2 aromatic heterocycles. The number of carbonyl (C=O) groups is 1. The summed E-state index contributed by atoms with van der Waals surface area (Å²) in [6.07, 6.45) is 10.4. The van der Waals surface area contributed by atoms with Gasteiger partial charge in [-0.25, -0.2) is 0 Å². The number of carbonyl (C=O) groups excluding carboxylic acids is 1. The van der Waals surface area contributed by atoms with Crippen molar-refractivity contribution in [3.63, 3.8) is 0 Å². The normalized spacial score (nSPS) is 19.8. The van der Waals surface area contributed by atoms with Gasteiger partial charge in [0, 0.05) is 24.8 Å². The van der Waals surface area contributed by atoms with Crippen LogP contribution < -0.4 is 5.32 Å². The van der Waals surface area contributed by atoms with Crippen molar-refractivity contribution < 1.29 is 9.53 Å². The highest BCUT2D eigenvalue weighted by molar-refractivity contribution is 7.99. The van der Waals surface area contributed by atoms with Crippen molar-refractivity contribution >= 4 is 23.5 Å². The van der Waals surface area contributed by atoms with Crippen LogP contribution in [0.3, 0.4) is 0 Å². The van der Waals surface area contributed by atoms with Crippen LogP contribution in [0.15, 0.2) is 17.8 Å². The predicted octanol–water partition coefficient (Wildman–Crippen LogP) is 3.80. The Bertz CT molecular complexity index is 1090. The first-order valence-electron chi connectivity index (χ1n) is 11.9. The minimum atomic E-state index is -0.138. The van der Waals surface area contributed by atoms with Gasteiger partial charge in [-0.1, -0.05) is 17.8 Å². The summed E-state index contributed by atoms with van der Waals surface area (Å²) >= 11 is 1.38. The van der Waals surface area contributed by atoms with Gasteiger partial charge in [0.1, 0.15) is 17.7 Å². The van der Waals surface area contributed by atoms with Crippen LogP contribution in [0.2, 0.25) is 0 Å². The number of nitrogens with one attached hydrogen (secondary N) is 1. The highest BCUT2D eigenvalue weighted by atomic mass is 32.2. The van der Waals surface area contributed by atoms with Gasteiger partial charge >= 0.3 is 0 Å². The zero-order valence-electron chi connectivity index (χ0n) is 18.9. The average molecular weight is 467 g/mol. The van der Waals surface area contributed by atoms with Gasteiger partial charge in [0.2, 0.25) is 5.91 Å². The Labute approximate surface area is 198 Å². The van der Waals surface area contributed by atoms with E-state index in [2.05, 4.69) is 37.3 Å². The second-order valence-corrected chi connectivity index (χ2v) is 10.0. The SMILES string of the molecule is C=CCn1c(SCC(=O)Nc2c(C#N)c3c(n2CC2CCCO2)CCCC3)nnc1C1CC1. The van der Waals surface area contributed by atoms with E-state index in [0.717, 1.165) is 74.5 Å². The number of anilines is 1. The molecule has 0 bridgehead atoms. The molecule has 9 heteroatoms. The molecule has 1 saturated heterocycles. The Morgan fingerprint density at radius 1 is 1.24 bits per heavy atom. The molecule has 1 N–H and O–H groups in total. The third-order valence-electron chi connectivity index (χ3n) is 6.68. The van der Waals surface area contributed by atoms with Crippen LogP contribution in [-0.4, -0.2) is 43.7 Å². The van der Waals surface area contributed by atoms with Crippen molar-refractivity contribution in [1.82, 2.24) is 19.3 Å². The lowest BCUT2D eigenvalue weighted by molar-refractivity contribution is -0.113. The second-order valence-electron chi connectivity index (χ2n) is 9.06. The first-order chi connectivity index (χ1) is 16.2. The van der Waals surface area contributed by atoms with Crippen LogP contribution in [0.25, 0.3) is 0 Å². The molecular weight excluding hydrogens is 436 g/mol. The maximum Gasteiger partial charge on any atom is 0.235 e. The van der Waals surface area contributed by atoms with Gasteiger partial charge in [-0.2, -0.15) is 5.26 Å². The fraction of sp³-hybridized carbons (Fsp3) is 0.583. The third-order valence-corrected chi connectivity index (χ3v) is 7.65. The highest BCUT2D eigenvalue weighted by Gasteiger charge is 2.31. The number of nitrogens with zero attached hydrogens (tertiary/aromatic N) is 5. The Kier molecular flexibility index (Phi) is 6.56. The zero-order chi connectivity index (χ0) is 22.8. The number of fused-ring (bicyclic) bond motifs is 1. The quantitative estimate of drug-likeness (QED) is 0.446. The molecule has 0 radical (unpaired) electrons. The van der Waals surface area contributed by atoms with E-state index in [4.69, 9.17) is 4.74 Å². The molecular formula is C24H30N6O2S. The fourth-order valence-electron chi connectivity index (χ4n) is 4.96. The van der Waals surface area contributed by atoms with E-state index in [1.165, 1.54) is 17.5 Å². The summed E-state index contributed by atoms with van der Waals surface area (Å²) in [5, 5.41) is 22.4. The fourth-order valence-corrected chi connectivity index (χ4v) is 5.72. The highest BCUT2D eigenvalue weighted by Crippen LogP contribution is 2.40. The minimum Gasteiger partial charge on any atom is -0.376 e. The van der Waals surface area contributed by atoms with Crippen LogP contribution >= 0.6 is 11.8 Å². The smallest absolute Gasteiger partial charge is 0.235 e. The molecule has 2 aliphatic carbocycles. The van der Waals surface area contributed by atoms with E-state index in [0.29, 0.717) is 30.4 Å². The van der Waals surface area contributed by atoms with Crippen LogP contribution in [0.1, 0.15) is 67.1 Å². The molecule has 8 nitrogen and oxygen atoms in total. The molecule has 2 fully saturated rings. The van der Waals surface area contributed by atoms with Crippen molar-refractivity contribution in [3.8, 4) is 6.07 Å². The summed E-state index contributed by atoms with van der Waals surface area (Å²) < 4.78 is 10.1. The molecule has 3 aliphatic rings. The molecule has 174 valence electrons.